The van der Waals surface area contributed by atoms with E-state index in [0.29, 0.717) is 13.0 Å². The number of benzene rings is 2. The predicted octanol–water partition coefficient (Wildman–Crippen LogP) is 7.61. The molecular weight excluding hydrogens is 524 g/mol. The van der Waals surface area contributed by atoms with Gasteiger partial charge in [0.05, 0.1) is 6.54 Å². The lowest BCUT2D eigenvalue weighted by Gasteiger charge is -2.27. The minimum atomic E-state index is 0.152. The van der Waals surface area contributed by atoms with E-state index in [2.05, 4.69) is 54.4 Å². The van der Waals surface area contributed by atoms with Crippen molar-refractivity contribution in [3.8, 4) is 0 Å². The average molecular weight is 561 g/mol. The molecule has 3 aromatic rings. The molecule has 0 spiro atoms. The van der Waals surface area contributed by atoms with Crippen molar-refractivity contribution in [2.75, 3.05) is 4.90 Å². The van der Waals surface area contributed by atoms with Crippen LogP contribution in [-0.2, 0) is 31.2 Å². The minimum Gasteiger partial charge on any atom is -0.337 e. The second kappa shape index (κ2) is 14.4. The number of nitrogens with two attached hydrogens (primary N) is 1. The van der Waals surface area contributed by atoms with Crippen LogP contribution >= 0.6 is 23.5 Å². The van der Waals surface area contributed by atoms with Crippen molar-refractivity contribution in [3.63, 3.8) is 0 Å². The van der Waals surface area contributed by atoms with Gasteiger partial charge in [-0.25, -0.2) is 4.98 Å². The monoisotopic (exact) mass is 560 g/mol. The fraction of sp³-hybridized carbons (Fsp3) is 0.312. The lowest BCUT2D eigenvalue weighted by Crippen LogP contribution is -2.33. The Hall–Kier alpha value is -3.06. The smallest absolute Gasteiger partial charge is 0.227 e. The summed E-state index contributed by atoms with van der Waals surface area (Å²) in [5.41, 5.74) is 5.12. The highest BCUT2D eigenvalue weighted by atomic mass is 35.5. The molecule has 0 fully saturated rings. The first-order valence-corrected chi connectivity index (χ1v) is 14.7. The van der Waals surface area contributed by atoms with Crippen molar-refractivity contribution >= 4 is 35.1 Å². The Balaban J connectivity index is 0.000000333. The summed E-state index contributed by atoms with van der Waals surface area (Å²) in [5.74, 6) is 1.25. The molecule has 1 heterocycles. The molecule has 0 aliphatic heterocycles. The summed E-state index contributed by atoms with van der Waals surface area (Å²) >= 11 is 6.85. The van der Waals surface area contributed by atoms with Crippen molar-refractivity contribution in [3.05, 3.63) is 113 Å². The lowest BCUT2D eigenvalue weighted by molar-refractivity contribution is -0.119. The number of halogens is 1. The molecule has 39 heavy (non-hydrogen) atoms. The van der Waals surface area contributed by atoms with Gasteiger partial charge in [0.25, 0.3) is 0 Å². The SMILES string of the molecule is C[C@@H](CC(=O)N(Cc1nccn1C)c1ccc2c(c1)CCCC2)C1=CC=CC=CC1.NSc1cccc(Cl)c1. The van der Waals surface area contributed by atoms with Gasteiger partial charge in [0.2, 0.25) is 5.91 Å². The van der Waals surface area contributed by atoms with E-state index in [1.807, 2.05) is 53.1 Å². The number of nitrogens with zero attached hydrogens (tertiary/aromatic N) is 3. The number of hydrogen-bond acceptors (Lipinski definition) is 4. The molecule has 1 aromatic heterocycles. The van der Waals surface area contributed by atoms with Crippen molar-refractivity contribution in [2.45, 2.75) is 56.9 Å². The van der Waals surface area contributed by atoms with Crippen LogP contribution in [0.5, 0.6) is 0 Å². The maximum Gasteiger partial charge on any atom is 0.227 e. The zero-order valence-electron chi connectivity index (χ0n) is 22.7. The third-order valence-electron chi connectivity index (χ3n) is 7.23. The highest BCUT2D eigenvalue weighted by molar-refractivity contribution is 7.97. The number of fused-ring (bicyclic) bond motifs is 1. The fourth-order valence-corrected chi connectivity index (χ4v) is 5.51. The van der Waals surface area contributed by atoms with Gasteiger partial charge in [0.1, 0.15) is 5.82 Å². The number of hydrogen-bond donors (Lipinski definition) is 1. The minimum absolute atomic E-state index is 0.152. The molecule has 204 valence electrons. The van der Waals surface area contributed by atoms with Gasteiger partial charge in [-0.3, -0.25) is 9.93 Å². The standard InChI is InChI=1S/C26H31N3O.C6H6ClNS/c1-20(21-9-5-3-4-6-10-21)17-26(30)29(19-25-27-15-16-28(25)2)24-14-13-22-11-7-8-12-23(22)18-24;7-5-2-1-3-6(4-5)9-8/h3-6,9,13-16,18,20H,7-8,10-12,17,19H2,1-2H3;1-4H,8H2/t20-;/m0./s1. The Morgan fingerprint density at radius 3 is 2.67 bits per heavy atom. The molecule has 2 aliphatic carbocycles. The van der Waals surface area contributed by atoms with Crippen molar-refractivity contribution in [1.29, 1.82) is 0 Å². The molecule has 5 rings (SSSR count). The summed E-state index contributed by atoms with van der Waals surface area (Å²) in [6.45, 7) is 2.65. The Morgan fingerprint density at radius 2 is 1.95 bits per heavy atom. The van der Waals surface area contributed by atoms with Crippen molar-refractivity contribution in [1.82, 2.24) is 9.55 Å². The van der Waals surface area contributed by atoms with E-state index in [4.69, 9.17) is 16.7 Å². The predicted molar refractivity (Wildman–Crippen MR) is 164 cm³/mol. The van der Waals surface area contributed by atoms with Gasteiger partial charge in [-0.15, -0.1) is 0 Å². The number of aromatic nitrogens is 2. The third kappa shape index (κ3) is 8.21. The summed E-state index contributed by atoms with van der Waals surface area (Å²) < 4.78 is 1.99. The van der Waals surface area contributed by atoms with Crippen molar-refractivity contribution < 1.29 is 4.79 Å². The molecule has 7 heteroatoms. The molecule has 2 aliphatic rings. The third-order valence-corrected chi connectivity index (χ3v) is 7.99. The van der Waals surface area contributed by atoms with E-state index >= 15 is 0 Å². The van der Waals surface area contributed by atoms with Crippen molar-refractivity contribution in [2.24, 2.45) is 18.1 Å². The molecule has 1 amide bonds. The van der Waals surface area contributed by atoms with E-state index in [9.17, 15) is 4.79 Å². The zero-order valence-corrected chi connectivity index (χ0v) is 24.3. The van der Waals surface area contributed by atoms with Crippen LogP contribution in [0.25, 0.3) is 0 Å². The molecule has 2 aromatic carbocycles. The summed E-state index contributed by atoms with van der Waals surface area (Å²) in [7, 11) is 1.98. The number of imidazole rings is 1. The van der Waals surface area contributed by atoms with Gasteiger partial charge in [-0.2, -0.15) is 0 Å². The van der Waals surface area contributed by atoms with Crippen LogP contribution in [0, 0.1) is 5.92 Å². The van der Waals surface area contributed by atoms with Gasteiger partial charge in [-0.1, -0.05) is 66.6 Å². The van der Waals surface area contributed by atoms with E-state index in [1.54, 1.807) is 6.20 Å². The second-order valence-corrected chi connectivity index (χ2v) is 11.2. The largest absolute Gasteiger partial charge is 0.337 e. The van der Waals surface area contributed by atoms with Gasteiger partial charge in [0.15, 0.2) is 0 Å². The quantitative estimate of drug-likeness (QED) is 0.302. The normalized spacial score (nSPS) is 14.9. The Morgan fingerprint density at radius 1 is 1.13 bits per heavy atom. The molecular formula is C32H37ClN4OS. The van der Waals surface area contributed by atoms with Crippen LogP contribution in [0.3, 0.4) is 0 Å². The highest BCUT2D eigenvalue weighted by Crippen LogP contribution is 2.29. The molecule has 0 radical (unpaired) electrons. The van der Waals surface area contributed by atoms with Crippen LogP contribution in [0.2, 0.25) is 5.02 Å². The molecule has 0 saturated heterocycles. The zero-order chi connectivity index (χ0) is 27.6. The molecule has 2 N–H and O–H groups in total. The van der Waals surface area contributed by atoms with Crippen LogP contribution in [0.15, 0.2) is 95.7 Å². The van der Waals surface area contributed by atoms with Gasteiger partial charge in [0, 0.05) is 41.5 Å². The number of carbonyl (C=O) groups excluding carboxylic acids is 1. The van der Waals surface area contributed by atoms with Crippen LogP contribution < -0.4 is 10.0 Å². The topological polar surface area (TPSA) is 64.2 Å². The maximum absolute atomic E-state index is 13.5. The number of allylic oxidation sites excluding steroid dienone is 6. The Kier molecular flexibility index (Phi) is 10.7. The summed E-state index contributed by atoms with van der Waals surface area (Å²) in [5, 5.41) is 6.00. The fourth-order valence-electron chi connectivity index (χ4n) is 4.90. The number of carbonyl (C=O) groups is 1. The summed E-state index contributed by atoms with van der Waals surface area (Å²) in [6, 6.07) is 14.0. The first-order chi connectivity index (χ1) is 18.9. The summed E-state index contributed by atoms with van der Waals surface area (Å²) in [4.78, 5) is 20.9. The van der Waals surface area contributed by atoms with E-state index in [0.717, 1.165) is 40.7 Å². The van der Waals surface area contributed by atoms with Gasteiger partial charge < -0.3 is 9.47 Å². The second-order valence-electron chi connectivity index (χ2n) is 10.0. The molecule has 5 nitrogen and oxygen atoms in total. The molecule has 1 atom stereocenters. The van der Waals surface area contributed by atoms with Crippen LogP contribution in [-0.4, -0.2) is 15.5 Å². The number of aryl methyl sites for hydroxylation is 3. The first kappa shape index (κ1) is 28.9. The molecule has 0 saturated carbocycles. The molecule has 0 unspecified atom stereocenters. The Labute approximate surface area is 241 Å². The average Bonchev–Trinajstić information content (AvgIpc) is 3.17. The lowest BCUT2D eigenvalue weighted by atomic mass is 9.91. The number of anilines is 1. The van der Waals surface area contributed by atoms with Crippen LogP contribution in [0.4, 0.5) is 5.69 Å². The van der Waals surface area contributed by atoms with Crippen LogP contribution in [0.1, 0.15) is 49.6 Å². The number of amides is 1. The maximum atomic E-state index is 13.5. The number of rotatable bonds is 7. The van der Waals surface area contributed by atoms with Gasteiger partial charge in [-0.05, 0) is 91.4 Å². The summed E-state index contributed by atoms with van der Waals surface area (Å²) in [6.07, 6.45) is 20.4. The first-order valence-electron chi connectivity index (χ1n) is 13.5. The highest BCUT2D eigenvalue weighted by Gasteiger charge is 2.23. The van der Waals surface area contributed by atoms with E-state index in [-0.39, 0.29) is 11.8 Å². The van der Waals surface area contributed by atoms with E-state index < -0.39 is 0 Å². The van der Waals surface area contributed by atoms with Gasteiger partial charge >= 0.3 is 0 Å². The Bertz CT molecular complexity index is 1360. The molecule has 0 bridgehead atoms. The van der Waals surface area contributed by atoms with E-state index in [1.165, 1.54) is 41.5 Å².